The van der Waals surface area contributed by atoms with Crippen molar-refractivity contribution in [2.24, 2.45) is 0 Å². The number of carbonyl (C=O) groups excluding carboxylic acids is 2. The van der Waals surface area contributed by atoms with Crippen molar-refractivity contribution >= 4 is 39.1 Å². The zero-order valence-electron chi connectivity index (χ0n) is 19.9. The number of likely N-dealkylation sites (N-methyl/N-ethyl adjacent to an activating group) is 1. The van der Waals surface area contributed by atoms with Gasteiger partial charge in [0.2, 0.25) is 11.8 Å². The molecule has 2 amide bonds. The van der Waals surface area contributed by atoms with Gasteiger partial charge >= 0.3 is 0 Å². The summed E-state index contributed by atoms with van der Waals surface area (Å²) in [5.41, 5.74) is 0.464. The van der Waals surface area contributed by atoms with Crippen LogP contribution in [-0.2, 0) is 26.2 Å². The molecule has 3 rings (SSSR count). The minimum Gasteiger partial charge on any atom is -0.355 e. The van der Waals surface area contributed by atoms with E-state index in [1.807, 2.05) is 0 Å². The molecule has 0 fully saturated rings. The van der Waals surface area contributed by atoms with Crippen LogP contribution in [0.3, 0.4) is 0 Å². The van der Waals surface area contributed by atoms with E-state index in [0.717, 1.165) is 4.31 Å². The van der Waals surface area contributed by atoms with Crippen LogP contribution in [-0.4, -0.2) is 44.3 Å². The molecule has 190 valence electrons. The number of nitrogens with zero attached hydrogens (tertiary/aromatic N) is 2. The molecule has 0 aliphatic carbocycles. The summed E-state index contributed by atoms with van der Waals surface area (Å²) in [6.45, 7) is 2.78. The molecule has 0 aromatic heterocycles. The minimum atomic E-state index is -4.18. The molecular weight excluding hydrogens is 505 g/mol. The predicted octanol–water partition coefficient (Wildman–Crippen LogP) is 4.23. The number of hydrogen-bond acceptors (Lipinski definition) is 4. The highest BCUT2D eigenvalue weighted by Gasteiger charge is 2.32. The molecule has 10 heteroatoms. The number of benzene rings is 3. The second-order valence-corrected chi connectivity index (χ2v) is 10.3. The van der Waals surface area contributed by atoms with Crippen LogP contribution in [0.15, 0.2) is 83.8 Å². The summed E-state index contributed by atoms with van der Waals surface area (Å²) >= 11 is 5.93. The first-order valence-corrected chi connectivity index (χ1v) is 13.1. The van der Waals surface area contributed by atoms with Crippen LogP contribution < -0.4 is 9.62 Å². The van der Waals surface area contributed by atoms with E-state index >= 15 is 0 Å². The van der Waals surface area contributed by atoms with Gasteiger partial charge < -0.3 is 10.2 Å². The molecule has 0 saturated heterocycles. The van der Waals surface area contributed by atoms with Crippen molar-refractivity contribution in [2.45, 2.75) is 31.3 Å². The highest BCUT2D eigenvalue weighted by atomic mass is 35.5. The van der Waals surface area contributed by atoms with Gasteiger partial charge in [-0.15, -0.1) is 0 Å². The number of nitrogens with one attached hydrogen (secondary N) is 1. The van der Waals surface area contributed by atoms with E-state index < -0.39 is 40.2 Å². The maximum absolute atomic E-state index is 14.4. The highest BCUT2D eigenvalue weighted by molar-refractivity contribution is 7.92. The maximum Gasteiger partial charge on any atom is 0.264 e. The van der Waals surface area contributed by atoms with Gasteiger partial charge in [0.15, 0.2) is 0 Å². The highest BCUT2D eigenvalue weighted by Crippen LogP contribution is 2.25. The van der Waals surface area contributed by atoms with Crippen LogP contribution in [0.5, 0.6) is 0 Å². The van der Waals surface area contributed by atoms with Crippen LogP contribution in [0, 0.1) is 5.82 Å². The van der Waals surface area contributed by atoms with Gasteiger partial charge in [0.1, 0.15) is 18.4 Å². The standard InChI is InChI=1S/C26H27ClFN3O4S/c1-3-29-26(33)19(2)30(17-20-9-7-8-12-24(20)28)25(32)18-31(22-10-5-4-6-11-22)36(34,35)23-15-13-21(27)14-16-23/h4-16,19H,3,17-18H2,1-2H3,(H,29,33). The smallest absolute Gasteiger partial charge is 0.264 e. The molecule has 0 aliphatic rings. The van der Waals surface area contributed by atoms with E-state index in [0.29, 0.717) is 11.6 Å². The Morgan fingerprint density at radius 1 is 0.972 bits per heavy atom. The van der Waals surface area contributed by atoms with Gasteiger partial charge in [0.05, 0.1) is 10.6 Å². The third kappa shape index (κ3) is 6.41. The quantitative estimate of drug-likeness (QED) is 0.424. The topological polar surface area (TPSA) is 86.8 Å². The number of carbonyl (C=O) groups is 2. The van der Waals surface area contributed by atoms with Gasteiger partial charge in [0.25, 0.3) is 10.0 Å². The lowest BCUT2D eigenvalue weighted by atomic mass is 10.1. The van der Waals surface area contributed by atoms with Gasteiger partial charge in [-0.3, -0.25) is 13.9 Å². The Morgan fingerprint density at radius 2 is 1.58 bits per heavy atom. The fourth-order valence-electron chi connectivity index (χ4n) is 3.57. The van der Waals surface area contributed by atoms with Crippen molar-refractivity contribution in [3.8, 4) is 0 Å². The zero-order chi connectivity index (χ0) is 26.3. The minimum absolute atomic E-state index is 0.0546. The molecule has 0 saturated carbocycles. The number of rotatable bonds is 10. The molecule has 1 N–H and O–H groups in total. The number of amides is 2. The molecule has 0 spiro atoms. The van der Waals surface area contributed by atoms with Crippen LogP contribution in [0.25, 0.3) is 0 Å². The lowest BCUT2D eigenvalue weighted by Gasteiger charge is -2.32. The molecule has 3 aromatic rings. The van der Waals surface area contributed by atoms with Gasteiger partial charge in [-0.05, 0) is 56.3 Å². The first kappa shape index (κ1) is 27.2. The lowest BCUT2D eigenvalue weighted by molar-refractivity contribution is -0.139. The Labute approximate surface area is 215 Å². The molecule has 0 heterocycles. The normalized spacial score (nSPS) is 12.0. The fraction of sp³-hybridized carbons (Fsp3) is 0.231. The maximum atomic E-state index is 14.4. The number of hydrogen-bond donors (Lipinski definition) is 1. The molecule has 0 radical (unpaired) electrons. The SMILES string of the molecule is CCNC(=O)C(C)N(Cc1ccccc1F)C(=O)CN(c1ccccc1)S(=O)(=O)c1ccc(Cl)cc1. The zero-order valence-corrected chi connectivity index (χ0v) is 21.5. The second-order valence-electron chi connectivity index (χ2n) is 7.98. The number of sulfonamides is 1. The monoisotopic (exact) mass is 531 g/mol. The number of para-hydroxylation sites is 1. The number of anilines is 1. The van der Waals surface area contributed by atoms with E-state index in [2.05, 4.69) is 5.32 Å². The Hall–Kier alpha value is -3.43. The molecule has 1 atom stereocenters. The Kier molecular flexibility index (Phi) is 9.06. The predicted molar refractivity (Wildman–Crippen MR) is 138 cm³/mol. The first-order chi connectivity index (χ1) is 17.1. The molecule has 3 aromatic carbocycles. The lowest BCUT2D eigenvalue weighted by Crippen LogP contribution is -2.51. The van der Waals surface area contributed by atoms with Gasteiger partial charge in [-0.25, -0.2) is 12.8 Å². The average Bonchev–Trinajstić information content (AvgIpc) is 2.87. The second kappa shape index (κ2) is 12.0. The molecule has 0 bridgehead atoms. The van der Waals surface area contributed by atoms with Crippen molar-refractivity contribution in [3.63, 3.8) is 0 Å². The third-order valence-corrected chi connectivity index (χ3v) is 7.58. The van der Waals surface area contributed by atoms with E-state index in [4.69, 9.17) is 11.6 Å². The van der Waals surface area contributed by atoms with Crippen LogP contribution in [0.4, 0.5) is 10.1 Å². The summed E-state index contributed by atoms with van der Waals surface area (Å²) in [4.78, 5) is 27.4. The average molecular weight is 532 g/mol. The van der Waals surface area contributed by atoms with Crippen LogP contribution >= 0.6 is 11.6 Å². The number of halogens is 2. The van der Waals surface area contributed by atoms with Crippen molar-refractivity contribution < 1.29 is 22.4 Å². The summed E-state index contributed by atoms with van der Waals surface area (Å²) in [5.74, 6) is -1.64. The van der Waals surface area contributed by atoms with Crippen molar-refractivity contribution in [1.29, 1.82) is 0 Å². The molecular formula is C26H27ClFN3O4S. The van der Waals surface area contributed by atoms with Crippen LogP contribution in [0.2, 0.25) is 5.02 Å². The van der Waals surface area contributed by atoms with Crippen molar-refractivity contribution in [1.82, 2.24) is 10.2 Å². The van der Waals surface area contributed by atoms with E-state index in [1.165, 1.54) is 54.3 Å². The van der Waals surface area contributed by atoms with Crippen molar-refractivity contribution in [2.75, 3.05) is 17.4 Å². The summed E-state index contributed by atoms with van der Waals surface area (Å²) in [6, 6.07) is 18.7. The van der Waals surface area contributed by atoms with Gasteiger partial charge in [-0.2, -0.15) is 0 Å². The van der Waals surface area contributed by atoms with Crippen molar-refractivity contribution in [3.05, 3.63) is 95.3 Å². The van der Waals surface area contributed by atoms with Crippen LogP contribution in [0.1, 0.15) is 19.4 Å². The first-order valence-electron chi connectivity index (χ1n) is 11.3. The Morgan fingerprint density at radius 3 is 2.19 bits per heavy atom. The summed E-state index contributed by atoms with van der Waals surface area (Å²) < 4.78 is 42.6. The molecule has 1 unspecified atom stereocenters. The Balaban J connectivity index is 2.01. The summed E-state index contributed by atoms with van der Waals surface area (Å²) in [6.07, 6.45) is 0. The van der Waals surface area contributed by atoms with Gasteiger partial charge in [-0.1, -0.05) is 48.0 Å². The molecule has 7 nitrogen and oxygen atoms in total. The third-order valence-electron chi connectivity index (χ3n) is 5.54. The molecule has 0 aliphatic heterocycles. The summed E-state index contributed by atoms with van der Waals surface area (Å²) in [5, 5.41) is 3.02. The van der Waals surface area contributed by atoms with E-state index in [9.17, 15) is 22.4 Å². The largest absolute Gasteiger partial charge is 0.355 e. The summed E-state index contributed by atoms with van der Waals surface area (Å²) in [7, 11) is -4.18. The van der Waals surface area contributed by atoms with E-state index in [1.54, 1.807) is 43.3 Å². The van der Waals surface area contributed by atoms with E-state index in [-0.39, 0.29) is 22.7 Å². The van der Waals surface area contributed by atoms with Gasteiger partial charge in [0, 0.05) is 23.7 Å². The molecule has 36 heavy (non-hydrogen) atoms. The fourth-order valence-corrected chi connectivity index (χ4v) is 5.11. The Bertz CT molecular complexity index is 1300.